The number of likely N-dealkylation sites (tertiary alicyclic amines) is 1. The first kappa shape index (κ1) is 20.1. The van der Waals surface area contributed by atoms with Gasteiger partial charge in [0, 0.05) is 25.3 Å². The molecule has 150 valence electrons. The molecule has 7 nitrogen and oxygen atoms in total. The number of Topliss-reactive ketones (excluding diaryl/α,β-unsaturated/α-hetero) is 1. The van der Waals surface area contributed by atoms with Crippen molar-refractivity contribution in [2.45, 2.75) is 45.6 Å². The average molecular weight is 385 g/mol. The normalized spacial score (nSPS) is 18.7. The Labute approximate surface area is 164 Å². The summed E-state index contributed by atoms with van der Waals surface area (Å²) in [5.41, 5.74) is 6.26. The van der Waals surface area contributed by atoms with Crippen LogP contribution in [-0.2, 0) is 9.59 Å². The topological polar surface area (TPSA) is 106 Å². The number of amides is 2. The number of hydrogen-bond acceptors (Lipinski definition) is 5. The first-order valence-corrected chi connectivity index (χ1v) is 9.72. The Balaban J connectivity index is 1.72. The van der Waals surface area contributed by atoms with Crippen LogP contribution >= 0.6 is 0 Å². The molecule has 0 radical (unpaired) electrons. The van der Waals surface area contributed by atoms with Crippen molar-refractivity contribution < 1.29 is 18.8 Å². The molecule has 2 aromatic rings. The van der Waals surface area contributed by atoms with Crippen LogP contribution in [0.5, 0.6) is 0 Å². The molecule has 1 aliphatic heterocycles. The number of para-hydroxylation sites is 1. The van der Waals surface area contributed by atoms with Gasteiger partial charge < -0.3 is 15.5 Å². The van der Waals surface area contributed by atoms with Crippen molar-refractivity contribution in [1.82, 2.24) is 4.90 Å². The lowest BCUT2D eigenvalue weighted by Gasteiger charge is -2.36. The molecule has 1 fully saturated rings. The summed E-state index contributed by atoms with van der Waals surface area (Å²) in [5.74, 6) is -0.168. The van der Waals surface area contributed by atoms with E-state index in [2.05, 4.69) is 10.2 Å². The maximum Gasteiger partial charge on any atom is 0.241 e. The Hall–Kier alpha value is -2.67. The van der Waals surface area contributed by atoms with Crippen LogP contribution in [0, 0.1) is 5.92 Å². The highest BCUT2D eigenvalue weighted by Gasteiger charge is 2.29. The van der Waals surface area contributed by atoms with E-state index >= 15 is 0 Å². The van der Waals surface area contributed by atoms with Crippen molar-refractivity contribution in [3.8, 4) is 0 Å². The van der Waals surface area contributed by atoms with Crippen LogP contribution in [0.15, 0.2) is 28.7 Å². The van der Waals surface area contributed by atoms with E-state index in [0.29, 0.717) is 29.0 Å². The van der Waals surface area contributed by atoms with E-state index in [1.54, 1.807) is 6.07 Å². The molecule has 2 atom stereocenters. The third-order valence-electron chi connectivity index (χ3n) is 5.44. The van der Waals surface area contributed by atoms with Gasteiger partial charge in [0.1, 0.15) is 5.58 Å². The van der Waals surface area contributed by atoms with Gasteiger partial charge >= 0.3 is 0 Å². The third-order valence-corrected chi connectivity index (χ3v) is 5.44. The molecule has 3 rings (SSSR count). The summed E-state index contributed by atoms with van der Waals surface area (Å²) in [5, 5.41) is 3.62. The van der Waals surface area contributed by atoms with Gasteiger partial charge in [-0.25, -0.2) is 0 Å². The van der Waals surface area contributed by atoms with E-state index < -0.39 is 0 Å². The van der Waals surface area contributed by atoms with Gasteiger partial charge in [-0.05, 0) is 50.8 Å². The lowest BCUT2D eigenvalue weighted by Crippen LogP contribution is -2.47. The zero-order chi connectivity index (χ0) is 20.3. The summed E-state index contributed by atoms with van der Waals surface area (Å²) < 4.78 is 5.64. The number of ketones is 1. The number of primary amides is 1. The maximum atomic E-state index is 12.9. The minimum atomic E-state index is -0.357. The van der Waals surface area contributed by atoms with Crippen molar-refractivity contribution >= 4 is 34.3 Å². The smallest absolute Gasteiger partial charge is 0.241 e. The van der Waals surface area contributed by atoms with Gasteiger partial charge in [-0.3, -0.25) is 19.3 Å². The second kappa shape index (κ2) is 8.56. The van der Waals surface area contributed by atoms with E-state index in [0.717, 1.165) is 32.4 Å². The number of hydrogen-bond donors (Lipinski definition) is 2. The number of nitrogens with one attached hydrogen (secondary N) is 1. The third kappa shape index (κ3) is 4.42. The van der Waals surface area contributed by atoms with E-state index in [1.165, 1.54) is 6.92 Å². The standard InChI is InChI=1S/C21H27N3O4/c1-13(24-11-5-6-15(12-24)9-10-18(22)26)21(27)23-19-16-7-3-4-8-17(16)28-20(19)14(2)25/h3-4,7-8,13,15H,5-6,9-12H2,1-2H3,(H2,22,26)(H,23,27). The molecule has 2 heterocycles. The second-order valence-electron chi connectivity index (χ2n) is 7.53. The fraction of sp³-hybridized carbons (Fsp3) is 0.476. The van der Waals surface area contributed by atoms with Crippen molar-refractivity contribution in [3.05, 3.63) is 30.0 Å². The van der Waals surface area contributed by atoms with Gasteiger partial charge in [-0.2, -0.15) is 0 Å². The van der Waals surface area contributed by atoms with Crippen molar-refractivity contribution in [2.75, 3.05) is 18.4 Å². The Morgan fingerprint density at radius 2 is 2.07 bits per heavy atom. The summed E-state index contributed by atoms with van der Waals surface area (Å²) in [6, 6.07) is 6.91. The van der Waals surface area contributed by atoms with E-state index in [4.69, 9.17) is 10.2 Å². The molecule has 1 aromatic heterocycles. The Bertz CT molecular complexity index is 889. The van der Waals surface area contributed by atoms with Gasteiger partial charge in [-0.1, -0.05) is 12.1 Å². The number of anilines is 1. The van der Waals surface area contributed by atoms with Crippen molar-refractivity contribution in [3.63, 3.8) is 0 Å². The van der Waals surface area contributed by atoms with Crippen LogP contribution in [-0.4, -0.2) is 41.6 Å². The van der Waals surface area contributed by atoms with Crippen LogP contribution in [0.2, 0.25) is 0 Å². The summed E-state index contributed by atoms with van der Waals surface area (Å²) in [7, 11) is 0. The molecule has 0 spiro atoms. The van der Waals surface area contributed by atoms with Gasteiger partial charge in [0.25, 0.3) is 0 Å². The second-order valence-corrected chi connectivity index (χ2v) is 7.53. The molecule has 2 amide bonds. The zero-order valence-electron chi connectivity index (χ0n) is 16.4. The highest BCUT2D eigenvalue weighted by molar-refractivity contribution is 6.11. The quantitative estimate of drug-likeness (QED) is 0.713. The minimum absolute atomic E-state index is 0.166. The number of carbonyl (C=O) groups is 3. The molecule has 1 aliphatic rings. The van der Waals surface area contributed by atoms with E-state index in [-0.39, 0.29) is 29.4 Å². The van der Waals surface area contributed by atoms with Gasteiger partial charge in [0.2, 0.25) is 11.8 Å². The number of nitrogens with zero attached hydrogens (tertiary/aromatic N) is 1. The predicted molar refractivity (Wildman–Crippen MR) is 107 cm³/mol. The fourth-order valence-corrected chi connectivity index (χ4v) is 3.84. The zero-order valence-corrected chi connectivity index (χ0v) is 16.4. The molecular formula is C21H27N3O4. The average Bonchev–Trinajstić information content (AvgIpc) is 3.05. The number of benzene rings is 1. The SMILES string of the molecule is CC(=O)c1oc2ccccc2c1NC(=O)C(C)N1CCCC(CCC(N)=O)C1. The Morgan fingerprint density at radius 3 is 2.79 bits per heavy atom. The number of piperidine rings is 1. The van der Waals surface area contributed by atoms with E-state index in [1.807, 2.05) is 25.1 Å². The van der Waals surface area contributed by atoms with Gasteiger partial charge in [-0.15, -0.1) is 0 Å². The summed E-state index contributed by atoms with van der Waals surface area (Å²) in [6.07, 6.45) is 3.15. The molecule has 7 heteroatoms. The molecular weight excluding hydrogens is 358 g/mol. The summed E-state index contributed by atoms with van der Waals surface area (Å²) in [6.45, 7) is 4.87. The highest BCUT2D eigenvalue weighted by Crippen LogP contribution is 2.31. The number of rotatable bonds is 7. The molecule has 1 saturated heterocycles. The lowest BCUT2D eigenvalue weighted by atomic mass is 9.92. The van der Waals surface area contributed by atoms with Crippen molar-refractivity contribution in [2.24, 2.45) is 11.7 Å². The van der Waals surface area contributed by atoms with Crippen LogP contribution < -0.4 is 11.1 Å². The molecule has 0 bridgehead atoms. The monoisotopic (exact) mass is 385 g/mol. The fourth-order valence-electron chi connectivity index (χ4n) is 3.84. The Kier molecular flexibility index (Phi) is 6.14. The molecule has 28 heavy (non-hydrogen) atoms. The van der Waals surface area contributed by atoms with Crippen LogP contribution in [0.25, 0.3) is 11.0 Å². The summed E-state index contributed by atoms with van der Waals surface area (Å²) >= 11 is 0. The number of carbonyl (C=O) groups excluding carboxylic acids is 3. The molecule has 3 N–H and O–H groups in total. The summed E-state index contributed by atoms with van der Waals surface area (Å²) in [4.78, 5) is 38.1. The highest BCUT2D eigenvalue weighted by atomic mass is 16.3. The first-order valence-electron chi connectivity index (χ1n) is 9.72. The Morgan fingerprint density at radius 1 is 1.32 bits per heavy atom. The molecule has 0 aliphatic carbocycles. The number of nitrogens with two attached hydrogens (primary N) is 1. The maximum absolute atomic E-state index is 12.9. The molecule has 0 saturated carbocycles. The minimum Gasteiger partial charge on any atom is -0.451 e. The molecule has 1 aromatic carbocycles. The van der Waals surface area contributed by atoms with Crippen molar-refractivity contribution in [1.29, 1.82) is 0 Å². The molecule has 2 unspecified atom stereocenters. The van der Waals surface area contributed by atoms with Crippen LogP contribution in [0.1, 0.15) is 50.1 Å². The lowest BCUT2D eigenvalue weighted by molar-refractivity contribution is -0.122. The first-order chi connectivity index (χ1) is 13.4. The van der Waals surface area contributed by atoms with Gasteiger partial charge in [0.15, 0.2) is 11.5 Å². The largest absolute Gasteiger partial charge is 0.451 e. The van der Waals surface area contributed by atoms with Crippen LogP contribution in [0.3, 0.4) is 0 Å². The van der Waals surface area contributed by atoms with E-state index in [9.17, 15) is 14.4 Å². The van der Waals surface area contributed by atoms with Crippen LogP contribution in [0.4, 0.5) is 5.69 Å². The number of fused-ring (bicyclic) bond motifs is 1. The van der Waals surface area contributed by atoms with Gasteiger partial charge in [0.05, 0.1) is 11.7 Å². The number of furan rings is 1. The predicted octanol–water partition coefficient (Wildman–Crippen LogP) is 2.94.